The molecule has 0 spiro atoms. The van der Waals surface area contributed by atoms with Crippen molar-refractivity contribution in [3.05, 3.63) is 23.8 Å². The first-order chi connectivity index (χ1) is 9.45. The Morgan fingerprint density at radius 3 is 2.15 bits per heavy atom. The van der Waals surface area contributed by atoms with Crippen LogP contribution in [-0.2, 0) is 0 Å². The normalized spacial score (nSPS) is 16.6. The summed E-state index contributed by atoms with van der Waals surface area (Å²) in [5.74, 6) is 0.680. The first-order valence-corrected chi connectivity index (χ1v) is 7.13. The Labute approximate surface area is 120 Å². The van der Waals surface area contributed by atoms with Crippen molar-refractivity contribution in [2.45, 2.75) is 13.8 Å². The van der Waals surface area contributed by atoms with Gasteiger partial charge in [-0.2, -0.15) is 0 Å². The Morgan fingerprint density at radius 1 is 1.10 bits per heavy atom. The largest absolute Gasteiger partial charge is 0.399 e. The third kappa shape index (κ3) is 3.63. The summed E-state index contributed by atoms with van der Waals surface area (Å²) in [6.07, 6.45) is 0. The molecule has 0 atom stereocenters. The van der Waals surface area contributed by atoms with E-state index in [0.29, 0.717) is 22.9 Å². The minimum atomic E-state index is 0.0215. The first-order valence-electron chi connectivity index (χ1n) is 7.13. The van der Waals surface area contributed by atoms with E-state index in [1.54, 1.807) is 18.2 Å². The number of piperazine rings is 1. The lowest BCUT2D eigenvalue weighted by Crippen LogP contribution is -2.49. The molecule has 5 heteroatoms. The lowest BCUT2D eigenvalue weighted by atomic mass is 10.1. The third-order valence-corrected chi connectivity index (χ3v) is 3.51. The number of hydrogen-bond acceptors (Lipinski definition) is 4. The fourth-order valence-electron chi connectivity index (χ4n) is 2.63. The number of amides is 1. The Kier molecular flexibility index (Phi) is 4.49. The molecule has 1 aliphatic heterocycles. The molecule has 1 fully saturated rings. The van der Waals surface area contributed by atoms with E-state index in [2.05, 4.69) is 18.7 Å². The standard InChI is InChI=1S/C15H24N4O/c1-11(2)10-18-3-5-19(6-4-18)15(20)12-7-13(16)9-14(17)8-12/h7-9,11H,3-6,10,16-17H2,1-2H3. The fourth-order valence-corrected chi connectivity index (χ4v) is 2.63. The highest BCUT2D eigenvalue weighted by atomic mass is 16.2. The van der Waals surface area contributed by atoms with Gasteiger partial charge in [0.2, 0.25) is 0 Å². The average Bonchev–Trinajstić information content (AvgIpc) is 2.37. The zero-order chi connectivity index (χ0) is 14.7. The van der Waals surface area contributed by atoms with E-state index < -0.39 is 0 Å². The van der Waals surface area contributed by atoms with Crippen molar-refractivity contribution >= 4 is 17.3 Å². The molecule has 0 bridgehead atoms. The van der Waals surface area contributed by atoms with Gasteiger partial charge < -0.3 is 16.4 Å². The number of nitrogens with two attached hydrogens (primary N) is 2. The number of benzene rings is 1. The summed E-state index contributed by atoms with van der Waals surface area (Å²) < 4.78 is 0. The van der Waals surface area contributed by atoms with Crippen LogP contribution in [0.3, 0.4) is 0 Å². The van der Waals surface area contributed by atoms with Gasteiger partial charge in [-0.1, -0.05) is 13.8 Å². The van der Waals surface area contributed by atoms with Crippen molar-refractivity contribution in [3.8, 4) is 0 Å². The maximum atomic E-state index is 12.4. The molecule has 0 aliphatic carbocycles. The van der Waals surface area contributed by atoms with E-state index in [9.17, 15) is 4.79 Å². The highest BCUT2D eigenvalue weighted by Crippen LogP contribution is 2.16. The molecule has 20 heavy (non-hydrogen) atoms. The maximum Gasteiger partial charge on any atom is 0.254 e. The molecule has 110 valence electrons. The Hall–Kier alpha value is -1.75. The lowest BCUT2D eigenvalue weighted by molar-refractivity contribution is 0.0624. The quantitative estimate of drug-likeness (QED) is 0.815. The predicted octanol–water partition coefficient (Wildman–Crippen LogP) is 1.26. The van der Waals surface area contributed by atoms with Crippen molar-refractivity contribution in [1.29, 1.82) is 0 Å². The molecule has 1 aliphatic rings. The van der Waals surface area contributed by atoms with Crippen LogP contribution in [0.1, 0.15) is 24.2 Å². The zero-order valence-corrected chi connectivity index (χ0v) is 12.3. The highest BCUT2D eigenvalue weighted by Gasteiger charge is 2.22. The second-order valence-electron chi connectivity index (χ2n) is 5.88. The fraction of sp³-hybridized carbons (Fsp3) is 0.533. The maximum absolute atomic E-state index is 12.4. The second-order valence-corrected chi connectivity index (χ2v) is 5.88. The van der Waals surface area contributed by atoms with Crippen LogP contribution in [0.15, 0.2) is 18.2 Å². The van der Waals surface area contributed by atoms with Crippen LogP contribution in [0.5, 0.6) is 0 Å². The number of carbonyl (C=O) groups is 1. The smallest absolute Gasteiger partial charge is 0.254 e. The molecular formula is C15H24N4O. The number of nitrogen functional groups attached to an aromatic ring is 2. The SMILES string of the molecule is CC(C)CN1CCN(C(=O)c2cc(N)cc(N)c2)CC1. The minimum absolute atomic E-state index is 0.0215. The summed E-state index contributed by atoms with van der Waals surface area (Å²) in [5, 5.41) is 0. The van der Waals surface area contributed by atoms with Gasteiger partial charge in [0.1, 0.15) is 0 Å². The first kappa shape index (κ1) is 14.7. The summed E-state index contributed by atoms with van der Waals surface area (Å²) in [4.78, 5) is 16.7. The molecule has 2 rings (SSSR count). The van der Waals surface area contributed by atoms with Crippen molar-refractivity contribution in [2.24, 2.45) is 5.92 Å². The van der Waals surface area contributed by atoms with Crippen molar-refractivity contribution in [1.82, 2.24) is 9.80 Å². The van der Waals surface area contributed by atoms with Gasteiger partial charge >= 0.3 is 0 Å². The van der Waals surface area contributed by atoms with E-state index >= 15 is 0 Å². The third-order valence-electron chi connectivity index (χ3n) is 3.51. The molecule has 0 saturated carbocycles. The van der Waals surface area contributed by atoms with Gasteiger partial charge in [-0.05, 0) is 24.1 Å². The van der Waals surface area contributed by atoms with Gasteiger partial charge in [0, 0.05) is 49.7 Å². The van der Waals surface area contributed by atoms with Crippen molar-refractivity contribution in [2.75, 3.05) is 44.2 Å². The molecule has 1 saturated heterocycles. The molecule has 1 aromatic carbocycles. The number of nitrogens with zero attached hydrogens (tertiary/aromatic N) is 2. The molecule has 5 nitrogen and oxygen atoms in total. The second kappa shape index (κ2) is 6.13. The number of hydrogen-bond donors (Lipinski definition) is 2. The number of anilines is 2. The number of carbonyl (C=O) groups excluding carboxylic acids is 1. The van der Waals surface area contributed by atoms with Crippen LogP contribution >= 0.6 is 0 Å². The molecule has 0 aromatic heterocycles. The van der Waals surface area contributed by atoms with Crippen LogP contribution in [0.4, 0.5) is 11.4 Å². The number of rotatable bonds is 3. The van der Waals surface area contributed by atoms with E-state index in [1.807, 2.05) is 4.90 Å². The summed E-state index contributed by atoms with van der Waals surface area (Å²) in [6, 6.07) is 5.05. The molecule has 1 heterocycles. The van der Waals surface area contributed by atoms with Crippen LogP contribution in [-0.4, -0.2) is 48.4 Å². The summed E-state index contributed by atoms with van der Waals surface area (Å²) in [6.45, 7) is 8.91. The molecule has 0 unspecified atom stereocenters. The molecule has 1 amide bonds. The minimum Gasteiger partial charge on any atom is -0.399 e. The van der Waals surface area contributed by atoms with Crippen molar-refractivity contribution in [3.63, 3.8) is 0 Å². The Bertz CT molecular complexity index is 459. The highest BCUT2D eigenvalue weighted by molar-refractivity contribution is 5.96. The van der Waals surface area contributed by atoms with Gasteiger partial charge in [-0.25, -0.2) is 0 Å². The van der Waals surface area contributed by atoms with Crippen molar-refractivity contribution < 1.29 is 4.79 Å². The summed E-state index contributed by atoms with van der Waals surface area (Å²) >= 11 is 0. The monoisotopic (exact) mass is 276 g/mol. The molecule has 1 aromatic rings. The van der Waals surface area contributed by atoms with E-state index in [0.717, 1.165) is 32.7 Å². The summed E-state index contributed by atoms with van der Waals surface area (Å²) in [7, 11) is 0. The van der Waals surface area contributed by atoms with Crippen LogP contribution in [0.2, 0.25) is 0 Å². The van der Waals surface area contributed by atoms with Crippen LogP contribution in [0.25, 0.3) is 0 Å². The lowest BCUT2D eigenvalue weighted by Gasteiger charge is -2.35. The molecular weight excluding hydrogens is 252 g/mol. The Morgan fingerprint density at radius 2 is 1.65 bits per heavy atom. The van der Waals surface area contributed by atoms with Gasteiger partial charge in [0.05, 0.1) is 0 Å². The zero-order valence-electron chi connectivity index (χ0n) is 12.3. The predicted molar refractivity (Wildman–Crippen MR) is 82.4 cm³/mol. The van der Waals surface area contributed by atoms with E-state index in [1.165, 1.54) is 0 Å². The van der Waals surface area contributed by atoms with Crippen LogP contribution in [0, 0.1) is 5.92 Å². The van der Waals surface area contributed by atoms with Crippen LogP contribution < -0.4 is 11.5 Å². The average molecular weight is 276 g/mol. The molecule has 0 radical (unpaired) electrons. The van der Waals surface area contributed by atoms with Gasteiger partial charge in [-0.15, -0.1) is 0 Å². The van der Waals surface area contributed by atoms with Gasteiger partial charge in [0.25, 0.3) is 5.91 Å². The van der Waals surface area contributed by atoms with Gasteiger partial charge in [-0.3, -0.25) is 9.69 Å². The van der Waals surface area contributed by atoms with E-state index in [-0.39, 0.29) is 5.91 Å². The molecule has 4 N–H and O–H groups in total. The van der Waals surface area contributed by atoms with Gasteiger partial charge in [0.15, 0.2) is 0 Å². The summed E-state index contributed by atoms with van der Waals surface area (Å²) in [5.41, 5.74) is 13.1. The Balaban J connectivity index is 1.98. The topological polar surface area (TPSA) is 75.6 Å². The van der Waals surface area contributed by atoms with E-state index in [4.69, 9.17) is 11.5 Å².